The van der Waals surface area contributed by atoms with Gasteiger partial charge >= 0.3 is 0 Å². The molecule has 2 aliphatic heterocycles. The summed E-state index contributed by atoms with van der Waals surface area (Å²) in [5.74, 6) is 0.758. The molecule has 0 saturated carbocycles. The van der Waals surface area contributed by atoms with Crippen LogP contribution in [0.15, 0.2) is 216 Å². The minimum atomic E-state index is -0.472. The van der Waals surface area contributed by atoms with Crippen LogP contribution in [0.4, 0.5) is 5.69 Å². The Kier molecular flexibility index (Phi) is 8.11. The molecule has 6 nitrogen and oxygen atoms in total. The number of aliphatic imine (C=N–C) groups is 2. The van der Waals surface area contributed by atoms with E-state index in [2.05, 4.69) is 226 Å². The molecule has 2 unspecified atom stereocenters. The molecule has 13 rings (SSSR count). The summed E-state index contributed by atoms with van der Waals surface area (Å²) in [6, 6.07) is 71.4. The first-order valence-corrected chi connectivity index (χ1v) is 22.2. The fourth-order valence-electron chi connectivity index (χ4n) is 9.70. The summed E-state index contributed by atoms with van der Waals surface area (Å²) in [7, 11) is 0. The number of para-hydroxylation sites is 3. The first-order valence-electron chi connectivity index (χ1n) is 21.4. The van der Waals surface area contributed by atoms with Gasteiger partial charge in [-0.25, -0.2) is 4.99 Å². The lowest BCUT2D eigenvalue weighted by atomic mass is 10.0. The Hall–Kier alpha value is -8.00. The zero-order valence-electron chi connectivity index (χ0n) is 34.0. The maximum absolute atomic E-state index is 5.71. The number of amidine groups is 1. The summed E-state index contributed by atoms with van der Waals surface area (Å²) < 4.78 is 5.95. The van der Waals surface area contributed by atoms with Gasteiger partial charge in [0.25, 0.3) is 0 Å². The highest BCUT2D eigenvalue weighted by molar-refractivity contribution is 7.22. The molecule has 11 aromatic rings. The highest BCUT2D eigenvalue weighted by Crippen LogP contribution is 2.44. The molecule has 2 atom stereocenters. The van der Waals surface area contributed by atoms with Crippen molar-refractivity contribution in [3.05, 3.63) is 222 Å². The van der Waals surface area contributed by atoms with Crippen LogP contribution in [-0.2, 0) is 0 Å². The molecule has 7 heteroatoms. The Balaban J connectivity index is 0.999. The molecule has 63 heavy (non-hydrogen) atoms. The molecule has 0 radical (unpaired) electrons. The van der Waals surface area contributed by atoms with E-state index >= 15 is 0 Å². The summed E-state index contributed by atoms with van der Waals surface area (Å²) in [4.78, 5) is 12.2. The van der Waals surface area contributed by atoms with E-state index in [0.717, 1.165) is 66.8 Å². The molecule has 8 aromatic carbocycles. The molecule has 2 N–H and O–H groups in total. The summed E-state index contributed by atoms with van der Waals surface area (Å²) in [6.07, 6.45) is 1.75. The van der Waals surface area contributed by atoms with Crippen LogP contribution < -0.4 is 10.6 Å². The molecular formula is C56H38N6S. The van der Waals surface area contributed by atoms with Gasteiger partial charge in [0.2, 0.25) is 6.29 Å². The van der Waals surface area contributed by atoms with Crippen LogP contribution >= 0.6 is 11.3 Å². The molecule has 0 amide bonds. The van der Waals surface area contributed by atoms with Gasteiger partial charge in [-0.1, -0.05) is 152 Å². The van der Waals surface area contributed by atoms with Crippen molar-refractivity contribution in [2.75, 3.05) is 5.32 Å². The second-order valence-corrected chi connectivity index (χ2v) is 17.3. The molecule has 3 aromatic heterocycles. The van der Waals surface area contributed by atoms with E-state index in [1.54, 1.807) is 11.3 Å². The second-order valence-electron chi connectivity index (χ2n) is 16.2. The third-order valence-corrected chi connectivity index (χ3v) is 13.8. The van der Waals surface area contributed by atoms with E-state index in [1.165, 1.54) is 42.7 Å². The van der Waals surface area contributed by atoms with Crippen LogP contribution in [0.2, 0.25) is 0 Å². The topological polar surface area (TPSA) is 58.6 Å². The van der Waals surface area contributed by atoms with Gasteiger partial charge < -0.3 is 19.8 Å². The van der Waals surface area contributed by atoms with Crippen LogP contribution in [0.1, 0.15) is 28.3 Å². The largest absolute Gasteiger partial charge is 0.345 e. The van der Waals surface area contributed by atoms with Crippen LogP contribution in [0.25, 0.3) is 76.2 Å². The Labute approximate surface area is 367 Å². The van der Waals surface area contributed by atoms with Gasteiger partial charge in [-0.2, -0.15) is 0 Å². The number of rotatable bonds is 6. The van der Waals surface area contributed by atoms with Crippen molar-refractivity contribution in [2.24, 2.45) is 9.98 Å². The third-order valence-electron chi connectivity index (χ3n) is 12.6. The van der Waals surface area contributed by atoms with E-state index in [4.69, 9.17) is 9.98 Å². The second kappa shape index (κ2) is 14.3. The third kappa shape index (κ3) is 5.78. The Morgan fingerprint density at radius 3 is 1.90 bits per heavy atom. The average Bonchev–Trinajstić information content (AvgIpc) is 4.01. The highest BCUT2D eigenvalue weighted by atomic mass is 32.1. The minimum Gasteiger partial charge on any atom is -0.345 e. The molecule has 298 valence electrons. The average molecular weight is 827 g/mol. The Morgan fingerprint density at radius 2 is 1.10 bits per heavy atom. The SMILES string of the molecule is C1=C(c2ccccc2)NC(C2=NC(n3c4ccccc4c4ccc(-c5ccc6c(c5)c5ccccc5n6-c5ccccc5)cc43)Nc3c2sc2ccccc32)=NC1c1ccccc1. The van der Waals surface area contributed by atoms with Crippen molar-refractivity contribution >= 4 is 88.0 Å². The number of anilines is 1. The van der Waals surface area contributed by atoms with Crippen LogP contribution in [0, 0.1) is 0 Å². The molecule has 5 heterocycles. The normalized spacial score (nSPS) is 16.2. The number of benzene rings is 8. The van der Waals surface area contributed by atoms with Gasteiger partial charge in [-0.3, -0.25) is 4.99 Å². The summed E-state index contributed by atoms with van der Waals surface area (Å²) in [6.45, 7) is 0. The van der Waals surface area contributed by atoms with Gasteiger partial charge in [0.05, 0.1) is 38.7 Å². The smallest absolute Gasteiger partial charge is 0.201 e. The van der Waals surface area contributed by atoms with E-state index in [1.807, 2.05) is 0 Å². The number of fused-ring (bicyclic) bond motifs is 9. The number of nitrogens with zero attached hydrogens (tertiary/aromatic N) is 4. The fraction of sp³-hybridized carbons (Fsp3) is 0.0357. The standard InChI is InChI=1S/C56H38N6S/c1-4-16-35(17-5-1)45-34-46(36-18-6-2-7-19-36)58-55(57-45)53-54-52(43-24-12-15-27-51(43)63-54)59-56(60-53)62-48-26-14-10-22-40(48)42-30-28-38(33-50(42)62)37-29-31-49-44(32-37)41-23-11-13-25-47(41)61(49)39-20-8-3-9-21-39/h1-34,45,56,59H,(H,57,58). The van der Waals surface area contributed by atoms with E-state index in [9.17, 15) is 0 Å². The number of hydrogen-bond acceptors (Lipinski definition) is 5. The van der Waals surface area contributed by atoms with E-state index in [-0.39, 0.29) is 6.04 Å². The minimum absolute atomic E-state index is 0.193. The van der Waals surface area contributed by atoms with Crippen molar-refractivity contribution < 1.29 is 0 Å². The zero-order valence-corrected chi connectivity index (χ0v) is 34.8. The number of thiophene rings is 1. The Bertz CT molecular complexity index is 3690. The Morgan fingerprint density at radius 1 is 0.476 bits per heavy atom. The maximum Gasteiger partial charge on any atom is 0.201 e. The lowest BCUT2D eigenvalue weighted by molar-refractivity contribution is 0.627. The zero-order chi connectivity index (χ0) is 41.4. The van der Waals surface area contributed by atoms with Gasteiger partial charge in [0.1, 0.15) is 5.71 Å². The van der Waals surface area contributed by atoms with Gasteiger partial charge in [0.15, 0.2) is 5.84 Å². The monoisotopic (exact) mass is 826 g/mol. The van der Waals surface area contributed by atoms with Crippen molar-refractivity contribution in [3.8, 4) is 16.8 Å². The lowest BCUT2D eigenvalue weighted by Crippen LogP contribution is -2.37. The number of hydrogen-bond donors (Lipinski definition) is 2. The molecule has 0 aliphatic carbocycles. The maximum atomic E-state index is 5.71. The lowest BCUT2D eigenvalue weighted by Gasteiger charge is -2.29. The predicted molar refractivity (Wildman–Crippen MR) is 264 cm³/mol. The molecule has 0 spiro atoms. The van der Waals surface area contributed by atoms with Gasteiger partial charge in [-0.05, 0) is 76.9 Å². The molecule has 0 bridgehead atoms. The highest BCUT2D eigenvalue weighted by Gasteiger charge is 2.32. The number of aromatic nitrogens is 2. The number of nitrogens with one attached hydrogen (secondary N) is 2. The van der Waals surface area contributed by atoms with Crippen molar-refractivity contribution in [1.29, 1.82) is 0 Å². The first-order chi connectivity index (χ1) is 31.2. The van der Waals surface area contributed by atoms with Crippen molar-refractivity contribution in [3.63, 3.8) is 0 Å². The van der Waals surface area contributed by atoms with E-state index < -0.39 is 6.29 Å². The fourth-order valence-corrected chi connectivity index (χ4v) is 10.9. The van der Waals surface area contributed by atoms with Crippen LogP contribution in [-0.4, -0.2) is 20.7 Å². The molecule has 0 saturated heterocycles. The summed E-state index contributed by atoms with van der Waals surface area (Å²) >= 11 is 1.76. The van der Waals surface area contributed by atoms with Gasteiger partial charge in [0, 0.05) is 43.0 Å². The van der Waals surface area contributed by atoms with Crippen molar-refractivity contribution in [1.82, 2.24) is 14.5 Å². The molecular weight excluding hydrogens is 789 g/mol. The van der Waals surface area contributed by atoms with Gasteiger partial charge in [-0.15, -0.1) is 11.3 Å². The molecule has 0 fully saturated rings. The van der Waals surface area contributed by atoms with Crippen LogP contribution in [0.3, 0.4) is 0 Å². The van der Waals surface area contributed by atoms with Crippen LogP contribution in [0.5, 0.6) is 0 Å². The predicted octanol–water partition coefficient (Wildman–Crippen LogP) is 13.9. The summed E-state index contributed by atoms with van der Waals surface area (Å²) in [5.41, 5.74) is 13.2. The van der Waals surface area contributed by atoms with Crippen molar-refractivity contribution in [2.45, 2.75) is 12.3 Å². The first kappa shape index (κ1) is 35.7. The quantitative estimate of drug-likeness (QED) is 0.175. The summed E-state index contributed by atoms with van der Waals surface area (Å²) in [5, 5.41) is 13.8. The van der Waals surface area contributed by atoms with E-state index in [0.29, 0.717) is 0 Å². The molecule has 2 aliphatic rings.